The van der Waals surface area contributed by atoms with E-state index < -0.39 is 0 Å². The van der Waals surface area contributed by atoms with Crippen molar-refractivity contribution in [2.45, 2.75) is 6.92 Å². The van der Waals surface area contributed by atoms with Crippen LogP contribution in [0, 0.1) is 6.08 Å². The topological polar surface area (TPSA) is 0 Å². The molecule has 0 aromatic rings. The van der Waals surface area contributed by atoms with Gasteiger partial charge in [-0.2, -0.15) is 37.0 Å². The summed E-state index contributed by atoms with van der Waals surface area (Å²) in [5.74, 6) is 0. The van der Waals surface area contributed by atoms with E-state index in [1.165, 1.54) is 0 Å². The van der Waals surface area contributed by atoms with E-state index in [1.54, 1.807) is 12.2 Å². The molecule has 0 saturated heterocycles. The summed E-state index contributed by atoms with van der Waals surface area (Å²) >= 11 is 0. The molecule has 0 aliphatic carbocycles. The van der Waals surface area contributed by atoms with Crippen LogP contribution in [0.5, 0.6) is 0 Å². The summed E-state index contributed by atoms with van der Waals surface area (Å²) < 4.78 is 0. The van der Waals surface area contributed by atoms with E-state index in [-0.39, 0.29) is 51.4 Å². The Balaban J connectivity index is 0. The van der Waals surface area contributed by atoms with Crippen LogP contribution in [-0.2, 0) is 0 Å². The molecular weight excluding hydrogens is 123 g/mol. The molecule has 8 heavy (non-hydrogen) atoms. The Labute approximate surface area is 93.8 Å². The van der Waals surface area contributed by atoms with Gasteiger partial charge in [0.05, 0.1) is 0 Å². The maximum atomic E-state index is 3.63. The minimum atomic E-state index is 0. The Morgan fingerprint density at radius 1 is 1.62 bits per heavy atom. The Bertz CT molecular complexity index is 101. The van der Waals surface area contributed by atoms with Crippen molar-refractivity contribution >= 4 is 0 Å². The maximum absolute atomic E-state index is 3.63. The molecule has 0 aliphatic rings. The van der Waals surface area contributed by atoms with Gasteiger partial charge in [0.15, 0.2) is 0 Å². The Kier molecular flexibility index (Phi) is 11.4. The minimum Gasteiger partial charge on any atom is -0.194 e. The average Bonchev–Trinajstić information content (AvgIpc) is 1.61. The molecule has 0 heterocycles. The third-order valence-electron chi connectivity index (χ3n) is 0.448. The van der Waals surface area contributed by atoms with E-state index in [0.29, 0.717) is 0 Å². The van der Waals surface area contributed by atoms with E-state index >= 15 is 0 Å². The van der Waals surface area contributed by atoms with E-state index in [4.69, 9.17) is 0 Å². The predicted molar refractivity (Wildman–Crippen MR) is 32.8 cm³/mol. The Morgan fingerprint density at radius 3 is 2.25 bits per heavy atom. The first-order valence-corrected chi connectivity index (χ1v) is 2.13. The summed E-state index contributed by atoms with van der Waals surface area (Å²) in [6.45, 7) is 8.99. The molecule has 0 atom stereocenters. The number of hydrogen-bond donors (Lipinski definition) is 0. The van der Waals surface area contributed by atoms with Crippen molar-refractivity contribution in [2.75, 3.05) is 0 Å². The van der Waals surface area contributed by atoms with Gasteiger partial charge in [0.2, 0.25) is 0 Å². The molecule has 0 N–H and O–H groups in total. The molecule has 1 heteroatoms. The second-order valence-corrected chi connectivity index (χ2v) is 1.36. The second-order valence-electron chi connectivity index (χ2n) is 1.36. The van der Waals surface area contributed by atoms with Crippen LogP contribution in [0.15, 0.2) is 30.9 Å². The van der Waals surface area contributed by atoms with Crippen LogP contribution < -0.4 is 51.4 Å². The third-order valence-corrected chi connectivity index (χ3v) is 0.448. The van der Waals surface area contributed by atoms with Gasteiger partial charge in [-0.15, -0.1) is 0 Å². The quantitative estimate of drug-likeness (QED) is 0.260. The van der Waals surface area contributed by atoms with Gasteiger partial charge in [-0.05, 0) is 0 Å². The smallest absolute Gasteiger partial charge is 0.194 e. The minimum absolute atomic E-state index is 0. The van der Waals surface area contributed by atoms with Crippen LogP contribution in [0.2, 0.25) is 0 Å². The van der Waals surface area contributed by atoms with Gasteiger partial charge < -0.3 is 0 Å². The molecule has 0 saturated carbocycles. The van der Waals surface area contributed by atoms with E-state index in [0.717, 1.165) is 5.57 Å². The van der Waals surface area contributed by atoms with Crippen LogP contribution in [0.1, 0.15) is 6.92 Å². The molecule has 0 spiro atoms. The van der Waals surface area contributed by atoms with Gasteiger partial charge in [-0.1, -0.05) is 6.92 Å². The second kappa shape index (κ2) is 7.86. The Morgan fingerprint density at radius 2 is 2.12 bits per heavy atom. The summed E-state index contributed by atoms with van der Waals surface area (Å²) in [4.78, 5) is 0. The van der Waals surface area contributed by atoms with Crippen molar-refractivity contribution < 1.29 is 51.4 Å². The fourth-order valence-corrected chi connectivity index (χ4v) is 0.201. The van der Waals surface area contributed by atoms with Gasteiger partial charge in [-0.3, -0.25) is 0 Å². The fraction of sp³-hybridized carbons (Fsp3) is 0.143. The molecule has 0 aliphatic heterocycles. The first-order valence-electron chi connectivity index (χ1n) is 2.13. The zero-order chi connectivity index (χ0) is 5.70. The van der Waals surface area contributed by atoms with Crippen molar-refractivity contribution in [1.82, 2.24) is 0 Å². The summed E-state index contributed by atoms with van der Waals surface area (Å²) in [7, 11) is 0. The van der Waals surface area contributed by atoms with E-state index in [2.05, 4.69) is 19.2 Å². The van der Waals surface area contributed by atoms with Crippen LogP contribution >= 0.6 is 0 Å². The molecule has 0 fully saturated rings. The molecule has 0 aromatic heterocycles. The van der Waals surface area contributed by atoms with Gasteiger partial charge in [0.25, 0.3) is 0 Å². The number of rotatable bonds is 2. The summed E-state index contributed by atoms with van der Waals surface area (Å²) in [5.41, 5.74) is 1.000. The van der Waals surface area contributed by atoms with Crippen LogP contribution in [-0.4, -0.2) is 0 Å². The van der Waals surface area contributed by atoms with Gasteiger partial charge >= 0.3 is 51.4 Å². The van der Waals surface area contributed by atoms with Gasteiger partial charge in [0, 0.05) is 0 Å². The fourth-order valence-electron chi connectivity index (χ4n) is 0.201. The normalized spacial score (nSPS) is 8.12. The zero-order valence-corrected chi connectivity index (χ0v) is 8.69. The molecule has 0 aromatic carbocycles. The number of allylic oxidation sites excluding steroid dienone is 4. The first-order chi connectivity index (χ1) is 3.27. The molecule has 38 valence electrons. The molecule has 0 radical (unpaired) electrons. The summed E-state index contributed by atoms with van der Waals surface area (Å²) in [5, 5.41) is 0. The number of hydrogen-bond acceptors (Lipinski definition) is 0. The Hall–Kier alpha value is 0.856. The van der Waals surface area contributed by atoms with Crippen LogP contribution in [0.4, 0.5) is 0 Å². The zero-order valence-electron chi connectivity index (χ0n) is 5.57. The van der Waals surface area contributed by atoms with Gasteiger partial charge in [0.1, 0.15) is 0 Å². The molecular formula is C7H9K. The summed E-state index contributed by atoms with van der Waals surface area (Å²) in [6, 6.07) is 0. The van der Waals surface area contributed by atoms with E-state index in [1.807, 2.05) is 6.92 Å². The monoisotopic (exact) mass is 132 g/mol. The molecule has 0 unspecified atom stereocenters. The molecule has 0 amide bonds. The predicted octanol–water partition coefficient (Wildman–Crippen LogP) is -0.888. The molecule has 0 bridgehead atoms. The first kappa shape index (κ1) is 11.6. The third kappa shape index (κ3) is 9.97. The van der Waals surface area contributed by atoms with Crippen molar-refractivity contribution in [2.24, 2.45) is 0 Å². The largest absolute Gasteiger partial charge is 1.00 e. The van der Waals surface area contributed by atoms with Gasteiger partial charge in [-0.25, -0.2) is 0 Å². The average molecular weight is 132 g/mol. The van der Waals surface area contributed by atoms with Crippen molar-refractivity contribution in [3.63, 3.8) is 0 Å². The SMILES string of the molecule is C=C[C-]=CC(=C)C.[K+]. The standard InChI is InChI=1S/C7H9.K/c1-4-5-6-7(2)3;/h4,6H,1-2H2,3H3;/q-1;+1. The van der Waals surface area contributed by atoms with Crippen LogP contribution in [0.3, 0.4) is 0 Å². The molecule has 0 rings (SSSR count). The van der Waals surface area contributed by atoms with Crippen LogP contribution in [0.25, 0.3) is 0 Å². The maximum Gasteiger partial charge on any atom is 1.00 e. The van der Waals surface area contributed by atoms with Crippen molar-refractivity contribution in [3.05, 3.63) is 37.0 Å². The van der Waals surface area contributed by atoms with Crippen molar-refractivity contribution in [1.29, 1.82) is 0 Å². The summed E-state index contributed by atoms with van der Waals surface area (Å²) in [6.07, 6.45) is 6.18. The molecule has 0 nitrogen and oxygen atoms in total. The van der Waals surface area contributed by atoms with Crippen molar-refractivity contribution in [3.8, 4) is 0 Å². The van der Waals surface area contributed by atoms with E-state index in [9.17, 15) is 0 Å².